The Hall–Kier alpha value is -2.40. The third-order valence-corrected chi connectivity index (χ3v) is 3.28. The van der Waals surface area contributed by atoms with Gasteiger partial charge in [-0.25, -0.2) is 9.18 Å². The average Bonchev–Trinajstić information content (AvgIpc) is 2.43. The van der Waals surface area contributed by atoms with Crippen molar-refractivity contribution in [2.24, 2.45) is 0 Å². The number of carboxylic acid groups (broad SMARTS) is 1. The first kappa shape index (κ1) is 15.0. The maximum absolute atomic E-state index is 13.1. The van der Waals surface area contributed by atoms with Crippen LogP contribution in [-0.2, 0) is 0 Å². The predicted octanol–water partition coefficient (Wildman–Crippen LogP) is 3.74. The summed E-state index contributed by atoms with van der Waals surface area (Å²) in [5.74, 6) is -2.19. The molecule has 1 amide bonds. The van der Waals surface area contributed by atoms with Crippen molar-refractivity contribution >= 4 is 29.2 Å². The maximum Gasteiger partial charge on any atom is 0.336 e. The second kappa shape index (κ2) is 5.93. The molecule has 2 aromatic rings. The number of carbonyl (C=O) groups is 2. The van der Waals surface area contributed by atoms with Crippen LogP contribution in [0.25, 0.3) is 0 Å². The molecule has 2 rings (SSSR count). The van der Waals surface area contributed by atoms with E-state index in [0.29, 0.717) is 11.3 Å². The topological polar surface area (TPSA) is 66.4 Å². The summed E-state index contributed by atoms with van der Waals surface area (Å²) in [4.78, 5) is 23.1. The van der Waals surface area contributed by atoms with Crippen molar-refractivity contribution in [1.29, 1.82) is 0 Å². The summed E-state index contributed by atoms with van der Waals surface area (Å²) in [6.07, 6.45) is 0. The number of aromatic carboxylic acids is 1. The van der Waals surface area contributed by atoms with E-state index in [1.807, 2.05) is 0 Å². The molecule has 0 spiro atoms. The highest BCUT2D eigenvalue weighted by Gasteiger charge is 2.14. The third kappa shape index (κ3) is 3.20. The molecular weight excluding hydrogens is 297 g/mol. The summed E-state index contributed by atoms with van der Waals surface area (Å²) in [6.45, 7) is 1.59. The second-order valence-corrected chi connectivity index (χ2v) is 4.77. The van der Waals surface area contributed by atoms with Crippen LogP contribution < -0.4 is 5.32 Å². The number of amides is 1. The number of anilines is 1. The number of halogens is 2. The van der Waals surface area contributed by atoms with Crippen LogP contribution in [0.3, 0.4) is 0 Å². The molecule has 0 aromatic heterocycles. The van der Waals surface area contributed by atoms with E-state index in [4.69, 9.17) is 16.7 Å². The van der Waals surface area contributed by atoms with Gasteiger partial charge in [0.05, 0.1) is 10.6 Å². The summed E-state index contributed by atoms with van der Waals surface area (Å²) in [6, 6.07) is 8.17. The minimum Gasteiger partial charge on any atom is -0.478 e. The number of benzene rings is 2. The van der Waals surface area contributed by atoms with Crippen LogP contribution in [0.2, 0.25) is 5.02 Å². The van der Waals surface area contributed by atoms with Gasteiger partial charge in [0, 0.05) is 11.3 Å². The van der Waals surface area contributed by atoms with Gasteiger partial charge in [-0.15, -0.1) is 0 Å². The lowest BCUT2D eigenvalue weighted by Crippen LogP contribution is -2.14. The van der Waals surface area contributed by atoms with Gasteiger partial charge in [0.15, 0.2) is 0 Å². The summed E-state index contributed by atoms with van der Waals surface area (Å²) in [5.41, 5.74) is 1.10. The van der Waals surface area contributed by atoms with E-state index in [0.717, 1.165) is 6.07 Å². The fourth-order valence-electron chi connectivity index (χ4n) is 1.83. The lowest BCUT2D eigenvalue weighted by Gasteiger charge is -2.10. The summed E-state index contributed by atoms with van der Waals surface area (Å²) >= 11 is 5.63. The number of hydrogen-bond donors (Lipinski definition) is 2. The molecule has 2 aromatic carbocycles. The minimum absolute atomic E-state index is 0.102. The fraction of sp³-hybridized carbons (Fsp3) is 0.0667. The Balaban J connectivity index is 2.29. The van der Waals surface area contributed by atoms with Gasteiger partial charge in [0.2, 0.25) is 0 Å². The van der Waals surface area contributed by atoms with Gasteiger partial charge in [0.25, 0.3) is 5.91 Å². The first-order valence-electron chi connectivity index (χ1n) is 5.99. The molecule has 2 N–H and O–H groups in total. The van der Waals surface area contributed by atoms with Crippen LogP contribution in [0.1, 0.15) is 26.3 Å². The van der Waals surface area contributed by atoms with Crippen LogP contribution in [0.15, 0.2) is 36.4 Å². The SMILES string of the molecule is Cc1c(NC(=O)c2ccc(F)c(Cl)c2)cccc1C(=O)O. The number of rotatable bonds is 3. The van der Waals surface area contributed by atoms with Crippen molar-refractivity contribution in [3.63, 3.8) is 0 Å². The van der Waals surface area contributed by atoms with Crippen molar-refractivity contribution in [3.8, 4) is 0 Å². The Morgan fingerprint density at radius 3 is 2.57 bits per heavy atom. The number of carbonyl (C=O) groups excluding carboxylic acids is 1. The molecule has 21 heavy (non-hydrogen) atoms. The van der Waals surface area contributed by atoms with Crippen molar-refractivity contribution in [2.75, 3.05) is 5.32 Å². The van der Waals surface area contributed by atoms with E-state index in [1.54, 1.807) is 13.0 Å². The molecule has 108 valence electrons. The molecule has 0 unspecified atom stereocenters. The van der Waals surface area contributed by atoms with E-state index < -0.39 is 17.7 Å². The first-order valence-corrected chi connectivity index (χ1v) is 6.37. The Bertz CT molecular complexity index is 731. The van der Waals surface area contributed by atoms with Crippen LogP contribution in [0.5, 0.6) is 0 Å². The van der Waals surface area contributed by atoms with Gasteiger partial charge in [-0.3, -0.25) is 4.79 Å². The van der Waals surface area contributed by atoms with Crippen LogP contribution in [-0.4, -0.2) is 17.0 Å². The summed E-state index contributed by atoms with van der Waals surface area (Å²) < 4.78 is 13.1. The Morgan fingerprint density at radius 1 is 1.24 bits per heavy atom. The van der Waals surface area contributed by atoms with Crippen molar-refractivity contribution in [1.82, 2.24) is 0 Å². The van der Waals surface area contributed by atoms with Gasteiger partial charge >= 0.3 is 5.97 Å². The molecule has 0 bridgehead atoms. The smallest absolute Gasteiger partial charge is 0.336 e. The van der Waals surface area contributed by atoms with Crippen LogP contribution in [0, 0.1) is 12.7 Å². The Labute approximate surface area is 125 Å². The molecule has 6 heteroatoms. The maximum atomic E-state index is 13.1. The highest BCUT2D eigenvalue weighted by atomic mass is 35.5. The third-order valence-electron chi connectivity index (χ3n) is 2.99. The first-order chi connectivity index (χ1) is 9.90. The molecule has 0 heterocycles. The Kier molecular flexibility index (Phi) is 4.23. The van der Waals surface area contributed by atoms with Crippen molar-refractivity contribution < 1.29 is 19.1 Å². The monoisotopic (exact) mass is 307 g/mol. The molecule has 0 radical (unpaired) electrons. The zero-order chi connectivity index (χ0) is 15.6. The number of hydrogen-bond acceptors (Lipinski definition) is 2. The van der Waals surface area contributed by atoms with Gasteiger partial charge < -0.3 is 10.4 Å². The van der Waals surface area contributed by atoms with E-state index in [-0.39, 0.29) is 16.1 Å². The molecule has 4 nitrogen and oxygen atoms in total. The zero-order valence-electron chi connectivity index (χ0n) is 11.0. The zero-order valence-corrected chi connectivity index (χ0v) is 11.7. The molecule has 0 aliphatic rings. The standard InChI is InChI=1S/C15H11ClFNO3/c1-8-10(15(20)21)3-2-4-13(8)18-14(19)9-5-6-12(17)11(16)7-9/h2-7H,1H3,(H,18,19)(H,20,21). The van der Waals surface area contributed by atoms with Gasteiger partial charge in [-0.1, -0.05) is 17.7 Å². The number of nitrogens with one attached hydrogen (secondary N) is 1. The molecule has 0 fully saturated rings. The molecule has 0 saturated heterocycles. The van der Waals surface area contributed by atoms with E-state index in [1.165, 1.54) is 24.3 Å². The Morgan fingerprint density at radius 2 is 1.95 bits per heavy atom. The summed E-state index contributed by atoms with van der Waals surface area (Å²) in [7, 11) is 0. The van der Waals surface area contributed by atoms with Crippen molar-refractivity contribution in [2.45, 2.75) is 6.92 Å². The van der Waals surface area contributed by atoms with Crippen molar-refractivity contribution in [3.05, 3.63) is 63.9 Å². The van der Waals surface area contributed by atoms with Crippen LogP contribution >= 0.6 is 11.6 Å². The fourth-order valence-corrected chi connectivity index (χ4v) is 2.02. The number of carboxylic acids is 1. The lowest BCUT2D eigenvalue weighted by atomic mass is 10.1. The highest BCUT2D eigenvalue weighted by molar-refractivity contribution is 6.31. The minimum atomic E-state index is -1.08. The van der Waals surface area contributed by atoms with Gasteiger partial charge in [-0.05, 0) is 42.8 Å². The second-order valence-electron chi connectivity index (χ2n) is 4.37. The molecule has 0 aliphatic carbocycles. The van der Waals surface area contributed by atoms with E-state index >= 15 is 0 Å². The van der Waals surface area contributed by atoms with E-state index in [2.05, 4.69) is 5.32 Å². The van der Waals surface area contributed by atoms with Crippen LogP contribution in [0.4, 0.5) is 10.1 Å². The van der Waals surface area contributed by atoms with Gasteiger partial charge in [0.1, 0.15) is 5.82 Å². The molecule has 0 atom stereocenters. The molecular formula is C15H11ClFNO3. The van der Waals surface area contributed by atoms with E-state index in [9.17, 15) is 14.0 Å². The van der Waals surface area contributed by atoms with Gasteiger partial charge in [-0.2, -0.15) is 0 Å². The molecule has 0 saturated carbocycles. The normalized spacial score (nSPS) is 10.2. The lowest BCUT2D eigenvalue weighted by molar-refractivity contribution is 0.0695. The average molecular weight is 308 g/mol. The highest BCUT2D eigenvalue weighted by Crippen LogP contribution is 2.21. The quantitative estimate of drug-likeness (QED) is 0.907. The summed E-state index contributed by atoms with van der Waals surface area (Å²) in [5, 5.41) is 11.5. The predicted molar refractivity (Wildman–Crippen MR) is 77.5 cm³/mol. The largest absolute Gasteiger partial charge is 0.478 e. The molecule has 0 aliphatic heterocycles.